The molecule has 0 saturated carbocycles. The first-order valence-electron chi connectivity index (χ1n) is 3.75. The van der Waals surface area contributed by atoms with Crippen LogP contribution < -0.4 is 4.74 Å². The third-order valence-corrected chi connectivity index (χ3v) is 1.66. The highest BCUT2D eigenvalue weighted by atomic mass is 16.5. The van der Waals surface area contributed by atoms with Crippen LogP contribution in [-0.4, -0.2) is 28.2 Å². The number of carboxylic acid groups (broad SMARTS) is 1. The third kappa shape index (κ3) is 1.17. The predicted octanol–water partition coefficient (Wildman–Crippen LogP) is 0.930. The van der Waals surface area contributed by atoms with Crippen LogP contribution in [0.15, 0.2) is 16.7 Å². The van der Waals surface area contributed by atoms with Gasteiger partial charge >= 0.3 is 5.97 Å². The number of aromatic nitrogens is 2. The molecule has 0 saturated heterocycles. The summed E-state index contributed by atoms with van der Waals surface area (Å²) in [6.45, 7) is 0. The van der Waals surface area contributed by atoms with Gasteiger partial charge in [-0.05, 0) is 0 Å². The second-order valence-electron chi connectivity index (χ2n) is 2.50. The molecule has 2 rings (SSSR count). The highest BCUT2D eigenvalue weighted by molar-refractivity contribution is 5.90. The van der Waals surface area contributed by atoms with Crippen molar-refractivity contribution in [2.45, 2.75) is 0 Å². The molecule has 0 radical (unpaired) electrons. The molecule has 6 heteroatoms. The van der Waals surface area contributed by atoms with Gasteiger partial charge in [0, 0.05) is 6.07 Å². The molecule has 0 aromatic carbocycles. The number of aromatic carboxylic acids is 1. The Kier molecular flexibility index (Phi) is 1.81. The lowest BCUT2D eigenvalue weighted by Crippen LogP contribution is -2.05. The van der Waals surface area contributed by atoms with E-state index in [-0.39, 0.29) is 17.3 Å². The van der Waals surface area contributed by atoms with Crippen molar-refractivity contribution in [1.29, 1.82) is 0 Å². The van der Waals surface area contributed by atoms with Gasteiger partial charge in [-0.3, -0.25) is 0 Å². The Bertz CT molecular complexity index is 491. The number of fused-ring (bicyclic) bond motifs is 1. The van der Waals surface area contributed by atoms with E-state index < -0.39 is 5.97 Å². The normalized spacial score (nSPS) is 10.4. The van der Waals surface area contributed by atoms with Gasteiger partial charge in [0.15, 0.2) is 0 Å². The monoisotopic (exact) mass is 194 g/mol. The standard InChI is InChI=1S/C8H6N2O4/c1-13-7-5(8(11)12)9-4-2-3-14-6(4)10-7/h2-3H,1H3,(H,11,12). The summed E-state index contributed by atoms with van der Waals surface area (Å²) < 4.78 is 9.72. The van der Waals surface area contributed by atoms with Gasteiger partial charge in [0.1, 0.15) is 5.52 Å². The zero-order valence-electron chi connectivity index (χ0n) is 7.22. The average Bonchev–Trinajstić information content (AvgIpc) is 2.62. The summed E-state index contributed by atoms with van der Waals surface area (Å²) in [5.74, 6) is -1.24. The van der Waals surface area contributed by atoms with Crippen LogP contribution in [0, 0.1) is 0 Å². The maximum absolute atomic E-state index is 10.7. The highest BCUT2D eigenvalue weighted by Crippen LogP contribution is 2.18. The van der Waals surface area contributed by atoms with Crippen LogP contribution in [0.25, 0.3) is 11.2 Å². The minimum absolute atomic E-state index is 0.0556. The molecule has 6 nitrogen and oxygen atoms in total. The van der Waals surface area contributed by atoms with E-state index in [2.05, 4.69) is 9.97 Å². The molecule has 0 bridgehead atoms. The number of nitrogens with zero attached hydrogens (tertiary/aromatic N) is 2. The summed E-state index contributed by atoms with van der Waals surface area (Å²) in [4.78, 5) is 18.4. The van der Waals surface area contributed by atoms with E-state index in [0.717, 1.165) is 0 Å². The third-order valence-electron chi connectivity index (χ3n) is 1.66. The minimum atomic E-state index is -1.18. The van der Waals surface area contributed by atoms with Crippen LogP contribution in [-0.2, 0) is 0 Å². The van der Waals surface area contributed by atoms with E-state index in [4.69, 9.17) is 14.3 Å². The SMILES string of the molecule is COc1nc2occc2nc1C(=O)O. The molecule has 72 valence electrons. The lowest BCUT2D eigenvalue weighted by Gasteiger charge is -2.00. The Labute approximate surface area is 78.1 Å². The van der Waals surface area contributed by atoms with Gasteiger partial charge in [-0.1, -0.05) is 0 Å². The van der Waals surface area contributed by atoms with Crippen LogP contribution in [0.5, 0.6) is 5.88 Å². The first kappa shape index (κ1) is 8.49. The Morgan fingerprint density at radius 3 is 3.00 bits per heavy atom. The Balaban J connectivity index is 2.72. The molecule has 0 atom stereocenters. The molecule has 0 spiro atoms. The van der Waals surface area contributed by atoms with E-state index >= 15 is 0 Å². The fourth-order valence-electron chi connectivity index (χ4n) is 1.06. The van der Waals surface area contributed by atoms with Crippen molar-refractivity contribution >= 4 is 17.2 Å². The molecule has 14 heavy (non-hydrogen) atoms. The van der Waals surface area contributed by atoms with E-state index in [0.29, 0.717) is 5.52 Å². The Hall–Kier alpha value is -2.11. The summed E-state index contributed by atoms with van der Waals surface area (Å²) in [6.07, 6.45) is 1.38. The summed E-state index contributed by atoms with van der Waals surface area (Å²) >= 11 is 0. The molecule has 2 aromatic heterocycles. The van der Waals surface area contributed by atoms with Gasteiger partial charge in [0.05, 0.1) is 13.4 Å². The Morgan fingerprint density at radius 2 is 2.36 bits per heavy atom. The zero-order valence-corrected chi connectivity index (χ0v) is 7.22. The van der Waals surface area contributed by atoms with Crippen LogP contribution in [0.1, 0.15) is 10.5 Å². The first-order chi connectivity index (χ1) is 6.72. The number of ether oxygens (including phenoxy) is 1. The number of furan rings is 1. The predicted molar refractivity (Wildman–Crippen MR) is 45.3 cm³/mol. The molecule has 0 aliphatic heterocycles. The second kappa shape index (κ2) is 2.99. The van der Waals surface area contributed by atoms with Crippen molar-refractivity contribution < 1.29 is 19.1 Å². The van der Waals surface area contributed by atoms with E-state index in [1.165, 1.54) is 19.4 Å². The lowest BCUT2D eigenvalue weighted by atomic mass is 10.4. The number of carboxylic acids is 1. The van der Waals surface area contributed by atoms with Crippen molar-refractivity contribution in [3.05, 3.63) is 18.0 Å². The van der Waals surface area contributed by atoms with E-state index in [1.807, 2.05) is 0 Å². The van der Waals surface area contributed by atoms with Gasteiger partial charge in [-0.2, -0.15) is 4.98 Å². The van der Waals surface area contributed by atoms with Gasteiger partial charge in [0.25, 0.3) is 5.88 Å². The molecule has 0 aliphatic carbocycles. The quantitative estimate of drug-likeness (QED) is 0.765. The van der Waals surface area contributed by atoms with Gasteiger partial charge in [-0.15, -0.1) is 0 Å². The highest BCUT2D eigenvalue weighted by Gasteiger charge is 2.16. The summed E-state index contributed by atoms with van der Waals surface area (Å²) in [5.41, 5.74) is 0.427. The zero-order chi connectivity index (χ0) is 10.1. The summed E-state index contributed by atoms with van der Waals surface area (Å²) in [7, 11) is 1.32. The van der Waals surface area contributed by atoms with Crippen molar-refractivity contribution in [3.8, 4) is 5.88 Å². The van der Waals surface area contributed by atoms with Crippen LogP contribution in [0.3, 0.4) is 0 Å². The first-order valence-corrected chi connectivity index (χ1v) is 3.75. The van der Waals surface area contributed by atoms with Gasteiger partial charge in [-0.25, -0.2) is 9.78 Å². The molecule has 0 amide bonds. The molecular weight excluding hydrogens is 188 g/mol. The number of rotatable bonds is 2. The van der Waals surface area contributed by atoms with Crippen molar-refractivity contribution in [1.82, 2.24) is 9.97 Å². The minimum Gasteiger partial charge on any atom is -0.479 e. The van der Waals surface area contributed by atoms with Gasteiger partial charge in [0.2, 0.25) is 11.4 Å². The van der Waals surface area contributed by atoms with E-state index in [9.17, 15) is 4.79 Å². The molecule has 0 aliphatic rings. The van der Waals surface area contributed by atoms with Crippen molar-refractivity contribution in [3.63, 3.8) is 0 Å². The summed E-state index contributed by atoms with van der Waals surface area (Å²) in [5, 5.41) is 8.78. The van der Waals surface area contributed by atoms with Crippen molar-refractivity contribution in [2.75, 3.05) is 7.11 Å². The largest absolute Gasteiger partial charge is 0.479 e. The van der Waals surface area contributed by atoms with Crippen LogP contribution in [0.2, 0.25) is 0 Å². The smallest absolute Gasteiger partial charge is 0.360 e. The maximum Gasteiger partial charge on any atom is 0.360 e. The molecule has 2 aromatic rings. The topological polar surface area (TPSA) is 85.5 Å². The lowest BCUT2D eigenvalue weighted by molar-refractivity contribution is 0.0686. The number of methoxy groups -OCH3 is 1. The fraction of sp³-hybridized carbons (Fsp3) is 0.125. The molecule has 0 unspecified atom stereocenters. The number of hydrogen-bond acceptors (Lipinski definition) is 5. The van der Waals surface area contributed by atoms with E-state index in [1.54, 1.807) is 0 Å². The average molecular weight is 194 g/mol. The molecule has 1 N–H and O–H groups in total. The fourth-order valence-corrected chi connectivity index (χ4v) is 1.06. The Morgan fingerprint density at radius 1 is 1.57 bits per heavy atom. The van der Waals surface area contributed by atoms with Crippen molar-refractivity contribution in [2.24, 2.45) is 0 Å². The second-order valence-corrected chi connectivity index (χ2v) is 2.50. The maximum atomic E-state index is 10.7. The number of carbonyl (C=O) groups is 1. The number of hydrogen-bond donors (Lipinski definition) is 1. The van der Waals surface area contributed by atoms with Crippen LogP contribution in [0.4, 0.5) is 0 Å². The molecular formula is C8H6N2O4. The molecule has 0 fully saturated rings. The summed E-state index contributed by atoms with van der Waals surface area (Å²) in [6, 6.07) is 1.54. The molecule has 2 heterocycles. The van der Waals surface area contributed by atoms with Gasteiger partial charge < -0.3 is 14.3 Å². The van der Waals surface area contributed by atoms with Crippen LogP contribution >= 0.6 is 0 Å².